The van der Waals surface area contributed by atoms with E-state index < -0.39 is 12.0 Å². The highest BCUT2D eigenvalue weighted by molar-refractivity contribution is 5.75. The fourth-order valence-corrected chi connectivity index (χ4v) is 3.39. The van der Waals surface area contributed by atoms with Gasteiger partial charge in [0.1, 0.15) is 18.2 Å². The van der Waals surface area contributed by atoms with Crippen LogP contribution in [0.25, 0.3) is 0 Å². The largest absolute Gasteiger partial charge is 0.480 e. The van der Waals surface area contributed by atoms with Crippen molar-refractivity contribution < 1.29 is 9.90 Å². The predicted molar refractivity (Wildman–Crippen MR) is 96.8 cm³/mol. The Balaban J connectivity index is 1.76. The number of carboxylic acids is 1. The van der Waals surface area contributed by atoms with Crippen molar-refractivity contribution in [1.82, 2.24) is 14.9 Å². The zero-order valence-electron chi connectivity index (χ0n) is 14.9. The average Bonchev–Trinajstić information content (AvgIpc) is 2.58. The van der Waals surface area contributed by atoms with E-state index in [2.05, 4.69) is 14.9 Å². The smallest absolute Gasteiger partial charge is 0.325 e. The molecule has 6 heteroatoms. The van der Waals surface area contributed by atoms with Gasteiger partial charge in [0.25, 0.3) is 0 Å². The third-order valence-electron chi connectivity index (χ3n) is 4.88. The van der Waals surface area contributed by atoms with E-state index in [0.717, 1.165) is 41.3 Å². The Morgan fingerprint density at radius 3 is 2.48 bits per heavy atom. The van der Waals surface area contributed by atoms with Gasteiger partial charge in [-0.25, -0.2) is 9.97 Å². The molecule has 1 fully saturated rings. The number of aromatic nitrogens is 2. The summed E-state index contributed by atoms with van der Waals surface area (Å²) in [7, 11) is 0. The minimum absolute atomic E-state index is 0.602. The van der Waals surface area contributed by atoms with Crippen LogP contribution in [0.3, 0.4) is 0 Å². The fraction of sp³-hybridized carbons (Fsp3) is 0.421. The second-order valence-corrected chi connectivity index (χ2v) is 6.59. The zero-order valence-corrected chi connectivity index (χ0v) is 14.9. The number of carboxylic acid groups (broad SMARTS) is 1. The molecule has 3 rings (SSSR count). The average molecular weight is 340 g/mol. The van der Waals surface area contributed by atoms with Crippen LogP contribution in [0.1, 0.15) is 28.4 Å². The highest BCUT2D eigenvalue weighted by Crippen LogP contribution is 2.26. The zero-order chi connectivity index (χ0) is 18.0. The second kappa shape index (κ2) is 7.19. The number of hydrogen-bond donors (Lipinski definition) is 1. The summed E-state index contributed by atoms with van der Waals surface area (Å²) in [6, 6.07) is 7.17. The number of anilines is 1. The van der Waals surface area contributed by atoms with Crippen molar-refractivity contribution in [3.8, 4) is 0 Å². The molecule has 1 N–H and O–H groups in total. The van der Waals surface area contributed by atoms with Crippen LogP contribution >= 0.6 is 0 Å². The van der Waals surface area contributed by atoms with Gasteiger partial charge in [0.05, 0.1) is 0 Å². The van der Waals surface area contributed by atoms with Crippen LogP contribution in [0.2, 0.25) is 0 Å². The highest BCUT2D eigenvalue weighted by Gasteiger charge is 2.31. The minimum atomic E-state index is -0.798. The molecule has 6 nitrogen and oxygen atoms in total. The molecule has 0 radical (unpaired) electrons. The molecule has 1 aromatic carbocycles. The molecule has 0 amide bonds. The molecule has 0 aliphatic carbocycles. The summed E-state index contributed by atoms with van der Waals surface area (Å²) in [5.74, 6) is 0.155. The van der Waals surface area contributed by atoms with Crippen molar-refractivity contribution in [3.05, 3.63) is 53.0 Å². The Morgan fingerprint density at radius 2 is 1.84 bits per heavy atom. The van der Waals surface area contributed by atoms with E-state index in [9.17, 15) is 9.90 Å². The Bertz CT molecular complexity index is 770. The lowest BCUT2D eigenvalue weighted by Crippen LogP contribution is -2.49. The first-order chi connectivity index (χ1) is 12.0. The van der Waals surface area contributed by atoms with Gasteiger partial charge in [0.15, 0.2) is 0 Å². The molecular formula is C19H24N4O2. The summed E-state index contributed by atoms with van der Waals surface area (Å²) in [6.45, 7) is 8.89. The molecule has 1 unspecified atom stereocenters. The molecule has 1 atom stereocenters. The van der Waals surface area contributed by atoms with Gasteiger partial charge in [-0.2, -0.15) is 0 Å². The van der Waals surface area contributed by atoms with Gasteiger partial charge in [-0.3, -0.25) is 9.69 Å². The van der Waals surface area contributed by atoms with Crippen LogP contribution < -0.4 is 4.90 Å². The van der Waals surface area contributed by atoms with Crippen molar-refractivity contribution in [2.75, 3.05) is 31.1 Å². The summed E-state index contributed by atoms with van der Waals surface area (Å²) in [5, 5.41) is 9.76. The number of carbonyl (C=O) groups is 1. The van der Waals surface area contributed by atoms with E-state index >= 15 is 0 Å². The number of aryl methyl sites for hydroxylation is 2. The molecule has 1 saturated heterocycles. The van der Waals surface area contributed by atoms with Crippen LogP contribution in [0, 0.1) is 20.8 Å². The lowest BCUT2D eigenvalue weighted by molar-refractivity contribution is -0.143. The molecular weight excluding hydrogens is 316 g/mol. The number of aliphatic carboxylic acids is 1. The number of hydrogen-bond acceptors (Lipinski definition) is 5. The first-order valence-corrected chi connectivity index (χ1v) is 8.54. The third-order valence-corrected chi connectivity index (χ3v) is 4.88. The molecule has 1 aromatic heterocycles. The van der Waals surface area contributed by atoms with E-state index in [1.165, 1.54) is 0 Å². The van der Waals surface area contributed by atoms with E-state index in [1.54, 1.807) is 6.33 Å². The van der Waals surface area contributed by atoms with Crippen LogP contribution in [0.5, 0.6) is 0 Å². The van der Waals surface area contributed by atoms with E-state index in [-0.39, 0.29) is 0 Å². The van der Waals surface area contributed by atoms with Gasteiger partial charge in [0, 0.05) is 37.4 Å². The van der Waals surface area contributed by atoms with Crippen molar-refractivity contribution in [3.63, 3.8) is 0 Å². The van der Waals surface area contributed by atoms with Crippen molar-refractivity contribution in [1.29, 1.82) is 0 Å². The Labute approximate surface area is 148 Å². The fourth-order valence-electron chi connectivity index (χ4n) is 3.39. The van der Waals surface area contributed by atoms with Gasteiger partial charge in [-0.15, -0.1) is 0 Å². The van der Waals surface area contributed by atoms with Crippen LogP contribution in [0.4, 0.5) is 5.82 Å². The molecule has 0 spiro atoms. The lowest BCUT2D eigenvalue weighted by Gasteiger charge is -2.38. The summed E-state index contributed by atoms with van der Waals surface area (Å²) in [4.78, 5) is 24.8. The maximum Gasteiger partial charge on any atom is 0.325 e. The van der Waals surface area contributed by atoms with Gasteiger partial charge < -0.3 is 10.0 Å². The quantitative estimate of drug-likeness (QED) is 0.921. The number of nitrogens with zero attached hydrogens (tertiary/aromatic N) is 4. The molecule has 2 aromatic rings. The van der Waals surface area contributed by atoms with Crippen LogP contribution in [0.15, 0.2) is 30.6 Å². The maximum atomic E-state index is 11.9. The highest BCUT2D eigenvalue weighted by atomic mass is 16.4. The third kappa shape index (κ3) is 3.64. The summed E-state index contributed by atoms with van der Waals surface area (Å²) >= 11 is 0. The van der Waals surface area contributed by atoms with Gasteiger partial charge in [-0.1, -0.05) is 29.8 Å². The number of rotatable bonds is 4. The molecule has 2 heterocycles. The van der Waals surface area contributed by atoms with E-state index in [1.807, 2.05) is 49.9 Å². The topological polar surface area (TPSA) is 69.6 Å². The number of benzene rings is 1. The molecule has 0 saturated carbocycles. The normalized spacial score (nSPS) is 16.7. The van der Waals surface area contributed by atoms with Crippen molar-refractivity contribution in [2.45, 2.75) is 26.8 Å². The first kappa shape index (κ1) is 17.4. The molecule has 25 heavy (non-hydrogen) atoms. The van der Waals surface area contributed by atoms with Crippen molar-refractivity contribution in [2.24, 2.45) is 0 Å². The second-order valence-electron chi connectivity index (χ2n) is 6.59. The molecule has 1 aliphatic rings. The monoisotopic (exact) mass is 340 g/mol. The summed E-state index contributed by atoms with van der Waals surface area (Å²) in [5.41, 5.74) is 3.99. The predicted octanol–water partition coefficient (Wildman–Crippen LogP) is 2.35. The maximum absolute atomic E-state index is 11.9. The lowest BCUT2D eigenvalue weighted by atomic mass is 10.0. The Kier molecular flexibility index (Phi) is 4.99. The van der Waals surface area contributed by atoms with Gasteiger partial charge in [-0.05, 0) is 26.3 Å². The Morgan fingerprint density at radius 1 is 1.12 bits per heavy atom. The van der Waals surface area contributed by atoms with Gasteiger partial charge in [0.2, 0.25) is 0 Å². The molecule has 132 valence electrons. The van der Waals surface area contributed by atoms with Crippen molar-refractivity contribution >= 4 is 11.8 Å². The van der Waals surface area contributed by atoms with E-state index in [0.29, 0.717) is 13.1 Å². The Hall–Kier alpha value is -2.47. The standard InChI is InChI=1S/C19H24N4O2/c1-13-5-4-6-16(11-13)17(19(24)25)22-7-9-23(10-8-22)18-14(2)15(3)20-12-21-18/h4-6,11-12,17H,7-10H2,1-3H3,(H,24,25). The molecule has 1 aliphatic heterocycles. The van der Waals surface area contributed by atoms with Gasteiger partial charge >= 0.3 is 5.97 Å². The first-order valence-electron chi connectivity index (χ1n) is 8.54. The molecule has 0 bridgehead atoms. The summed E-state index contributed by atoms with van der Waals surface area (Å²) < 4.78 is 0. The van der Waals surface area contributed by atoms with Crippen LogP contribution in [-0.2, 0) is 4.79 Å². The van der Waals surface area contributed by atoms with E-state index in [4.69, 9.17) is 0 Å². The minimum Gasteiger partial charge on any atom is -0.480 e. The van der Waals surface area contributed by atoms with Crippen LogP contribution in [-0.4, -0.2) is 52.1 Å². The SMILES string of the molecule is Cc1cccc(C(C(=O)O)N2CCN(c3ncnc(C)c3C)CC2)c1. The summed E-state index contributed by atoms with van der Waals surface area (Å²) in [6.07, 6.45) is 1.59. The number of piperazine rings is 1.